The van der Waals surface area contributed by atoms with E-state index in [1.807, 2.05) is 12.1 Å². The molecule has 0 spiro atoms. The molecule has 0 radical (unpaired) electrons. The number of anilines is 1. The molecule has 4 rings (SSSR count). The molecule has 7 heteroatoms. The largest absolute Gasteiger partial charge is 0.393 e. The maximum Gasteiger partial charge on any atom is 0.251 e. The zero-order valence-electron chi connectivity index (χ0n) is 15.4. The molecule has 1 aliphatic carbocycles. The molecule has 1 aromatic heterocycles. The number of hydrogen-bond donors (Lipinski definition) is 3. The standard InChI is InChI=1S/C20H26N4O3/c25-17-7-5-15(6-8-17)23-20-21-11-14-4-3-13(10-18(14)24-20)19(26)22-16-2-1-9-27-12-16/h3-4,10-11,15-17,25H,1-2,5-9,12H2,(H,22,26)(H,21,23,24)/t15-,16?,17-. The fourth-order valence-electron chi connectivity index (χ4n) is 3.76. The van der Waals surface area contributed by atoms with E-state index in [-0.39, 0.29) is 24.1 Å². The fourth-order valence-corrected chi connectivity index (χ4v) is 3.76. The molecule has 144 valence electrons. The van der Waals surface area contributed by atoms with E-state index in [2.05, 4.69) is 20.6 Å². The first-order chi connectivity index (χ1) is 13.2. The lowest BCUT2D eigenvalue weighted by Crippen LogP contribution is -2.40. The Morgan fingerprint density at radius 1 is 1.15 bits per heavy atom. The number of ether oxygens (including phenoxy) is 1. The second-order valence-electron chi connectivity index (χ2n) is 7.50. The molecule has 1 aliphatic heterocycles. The number of carbonyl (C=O) groups is 1. The van der Waals surface area contributed by atoms with Crippen LogP contribution in [0.3, 0.4) is 0 Å². The average molecular weight is 370 g/mol. The third-order valence-electron chi connectivity index (χ3n) is 5.37. The van der Waals surface area contributed by atoms with Crippen LogP contribution in [0.15, 0.2) is 24.4 Å². The van der Waals surface area contributed by atoms with Gasteiger partial charge in [0.2, 0.25) is 5.95 Å². The molecule has 27 heavy (non-hydrogen) atoms. The van der Waals surface area contributed by atoms with Crippen molar-refractivity contribution in [2.45, 2.75) is 56.7 Å². The molecular formula is C20H26N4O3. The minimum absolute atomic E-state index is 0.0752. The van der Waals surface area contributed by atoms with Gasteiger partial charge in [0.05, 0.1) is 24.3 Å². The van der Waals surface area contributed by atoms with Crippen molar-refractivity contribution < 1.29 is 14.6 Å². The van der Waals surface area contributed by atoms with E-state index in [9.17, 15) is 9.90 Å². The Hall–Kier alpha value is -2.25. The summed E-state index contributed by atoms with van der Waals surface area (Å²) in [6, 6.07) is 5.85. The van der Waals surface area contributed by atoms with Crippen molar-refractivity contribution in [1.82, 2.24) is 15.3 Å². The Bertz CT molecular complexity index is 799. The second kappa shape index (κ2) is 8.19. The SMILES string of the molecule is O=C(NC1CCCOC1)c1ccc2cnc(N[C@H]3CC[C@H](O)CC3)nc2c1. The molecule has 1 amide bonds. The highest BCUT2D eigenvalue weighted by atomic mass is 16.5. The Balaban J connectivity index is 1.46. The maximum absolute atomic E-state index is 12.5. The van der Waals surface area contributed by atoms with Gasteiger partial charge in [0.25, 0.3) is 5.91 Å². The number of aliphatic hydroxyl groups excluding tert-OH is 1. The summed E-state index contributed by atoms with van der Waals surface area (Å²) in [4.78, 5) is 21.5. The summed E-state index contributed by atoms with van der Waals surface area (Å²) in [5.41, 5.74) is 1.34. The van der Waals surface area contributed by atoms with Crippen LogP contribution in [0.4, 0.5) is 5.95 Å². The summed E-state index contributed by atoms with van der Waals surface area (Å²) in [7, 11) is 0. The number of aliphatic hydroxyl groups is 1. The van der Waals surface area contributed by atoms with Crippen LogP contribution in [0.5, 0.6) is 0 Å². The molecule has 1 saturated heterocycles. The predicted molar refractivity (Wildman–Crippen MR) is 103 cm³/mol. The Labute approximate surface area is 158 Å². The second-order valence-corrected chi connectivity index (χ2v) is 7.50. The molecule has 1 unspecified atom stereocenters. The van der Waals surface area contributed by atoms with Gasteiger partial charge >= 0.3 is 0 Å². The van der Waals surface area contributed by atoms with Gasteiger partial charge < -0.3 is 20.5 Å². The fraction of sp³-hybridized carbons (Fsp3) is 0.550. The Morgan fingerprint density at radius 2 is 2.00 bits per heavy atom. The zero-order valence-corrected chi connectivity index (χ0v) is 15.4. The first kappa shape index (κ1) is 18.1. The van der Waals surface area contributed by atoms with Crippen LogP contribution in [0.1, 0.15) is 48.9 Å². The van der Waals surface area contributed by atoms with Gasteiger partial charge in [-0.3, -0.25) is 4.79 Å². The molecular weight excluding hydrogens is 344 g/mol. The molecule has 7 nitrogen and oxygen atoms in total. The van der Waals surface area contributed by atoms with Gasteiger partial charge in [0.1, 0.15) is 0 Å². The normalized spacial score (nSPS) is 25.9. The minimum atomic E-state index is -0.184. The average Bonchev–Trinajstić information content (AvgIpc) is 2.70. The highest BCUT2D eigenvalue weighted by molar-refractivity contribution is 5.97. The lowest BCUT2D eigenvalue weighted by atomic mass is 9.93. The van der Waals surface area contributed by atoms with Gasteiger partial charge in [0, 0.05) is 29.8 Å². The minimum Gasteiger partial charge on any atom is -0.393 e. The third kappa shape index (κ3) is 4.54. The lowest BCUT2D eigenvalue weighted by Gasteiger charge is -2.26. The van der Waals surface area contributed by atoms with Crippen LogP contribution < -0.4 is 10.6 Å². The molecule has 1 atom stereocenters. The van der Waals surface area contributed by atoms with Gasteiger partial charge in [-0.15, -0.1) is 0 Å². The monoisotopic (exact) mass is 370 g/mol. The van der Waals surface area contributed by atoms with E-state index in [0.717, 1.165) is 56.0 Å². The van der Waals surface area contributed by atoms with Gasteiger partial charge in [-0.2, -0.15) is 0 Å². The lowest BCUT2D eigenvalue weighted by molar-refractivity contribution is 0.0624. The summed E-state index contributed by atoms with van der Waals surface area (Å²) < 4.78 is 5.42. The van der Waals surface area contributed by atoms with E-state index in [1.54, 1.807) is 12.3 Å². The molecule has 1 saturated carbocycles. The van der Waals surface area contributed by atoms with E-state index >= 15 is 0 Å². The number of benzene rings is 1. The van der Waals surface area contributed by atoms with Crippen molar-refractivity contribution >= 4 is 22.8 Å². The number of nitrogens with one attached hydrogen (secondary N) is 2. The topological polar surface area (TPSA) is 96.4 Å². The quantitative estimate of drug-likeness (QED) is 0.764. The summed E-state index contributed by atoms with van der Waals surface area (Å²) in [5.74, 6) is 0.476. The zero-order chi connectivity index (χ0) is 18.6. The molecule has 1 aromatic carbocycles. The molecule has 3 N–H and O–H groups in total. The van der Waals surface area contributed by atoms with Crippen LogP contribution >= 0.6 is 0 Å². The van der Waals surface area contributed by atoms with Crippen molar-refractivity contribution in [3.05, 3.63) is 30.0 Å². The van der Waals surface area contributed by atoms with E-state index in [4.69, 9.17) is 4.74 Å². The molecule has 2 heterocycles. The highest BCUT2D eigenvalue weighted by Gasteiger charge is 2.20. The van der Waals surface area contributed by atoms with Gasteiger partial charge in [-0.05, 0) is 50.7 Å². The van der Waals surface area contributed by atoms with Crippen molar-refractivity contribution in [3.63, 3.8) is 0 Å². The Morgan fingerprint density at radius 3 is 2.78 bits per heavy atom. The van der Waals surface area contributed by atoms with Crippen molar-refractivity contribution in [3.8, 4) is 0 Å². The van der Waals surface area contributed by atoms with E-state index in [0.29, 0.717) is 18.1 Å². The first-order valence-electron chi connectivity index (χ1n) is 9.77. The maximum atomic E-state index is 12.5. The van der Waals surface area contributed by atoms with E-state index in [1.165, 1.54) is 0 Å². The summed E-state index contributed by atoms with van der Waals surface area (Å²) >= 11 is 0. The predicted octanol–water partition coefficient (Wildman–Crippen LogP) is 2.25. The third-order valence-corrected chi connectivity index (χ3v) is 5.37. The van der Waals surface area contributed by atoms with Gasteiger partial charge in [0.15, 0.2) is 0 Å². The number of carbonyl (C=O) groups excluding carboxylic acids is 1. The van der Waals surface area contributed by atoms with Crippen molar-refractivity contribution in [2.24, 2.45) is 0 Å². The number of nitrogens with zero attached hydrogens (tertiary/aromatic N) is 2. The molecule has 2 aliphatic rings. The number of fused-ring (bicyclic) bond motifs is 1. The number of hydrogen-bond acceptors (Lipinski definition) is 6. The number of aromatic nitrogens is 2. The number of amides is 1. The number of rotatable bonds is 4. The van der Waals surface area contributed by atoms with Crippen LogP contribution in [-0.4, -0.2) is 52.4 Å². The van der Waals surface area contributed by atoms with Crippen LogP contribution in [0, 0.1) is 0 Å². The summed E-state index contributed by atoms with van der Waals surface area (Å²) in [6.07, 6.45) is 6.95. The van der Waals surface area contributed by atoms with Crippen molar-refractivity contribution in [2.75, 3.05) is 18.5 Å². The highest BCUT2D eigenvalue weighted by Crippen LogP contribution is 2.22. The van der Waals surface area contributed by atoms with Crippen LogP contribution in [-0.2, 0) is 4.74 Å². The molecule has 2 fully saturated rings. The van der Waals surface area contributed by atoms with Crippen LogP contribution in [0.25, 0.3) is 10.9 Å². The Kier molecular flexibility index (Phi) is 5.50. The van der Waals surface area contributed by atoms with Gasteiger partial charge in [-0.25, -0.2) is 9.97 Å². The molecule has 2 aromatic rings. The van der Waals surface area contributed by atoms with Crippen molar-refractivity contribution in [1.29, 1.82) is 0 Å². The van der Waals surface area contributed by atoms with E-state index < -0.39 is 0 Å². The summed E-state index contributed by atoms with van der Waals surface area (Å²) in [5, 5.41) is 16.9. The molecule has 0 bridgehead atoms. The first-order valence-corrected chi connectivity index (χ1v) is 9.77. The smallest absolute Gasteiger partial charge is 0.251 e. The van der Waals surface area contributed by atoms with Crippen LogP contribution in [0.2, 0.25) is 0 Å². The summed E-state index contributed by atoms with van der Waals surface area (Å²) in [6.45, 7) is 1.35. The van der Waals surface area contributed by atoms with Gasteiger partial charge in [-0.1, -0.05) is 6.07 Å².